The molecular weight excluding hydrogens is 500 g/mol. The molecule has 1 atom stereocenters. The van der Waals surface area contributed by atoms with Crippen molar-refractivity contribution in [3.8, 4) is 17.2 Å². The number of carbonyl (C=O) groups excluding carboxylic acids is 1. The number of ether oxygens (including phenoxy) is 2. The summed E-state index contributed by atoms with van der Waals surface area (Å²) < 4.78 is 40.5. The van der Waals surface area contributed by atoms with Crippen molar-refractivity contribution in [2.75, 3.05) is 11.9 Å². The number of nitrogens with one attached hydrogen (secondary N) is 2. The van der Waals surface area contributed by atoms with Gasteiger partial charge in [0.1, 0.15) is 23.3 Å². The Labute approximate surface area is 223 Å². The summed E-state index contributed by atoms with van der Waals surface area (Å²) in [4.78, 5) is 13.4. The summed E-state index contributed by atoms with van der Waals surface area (Å²) in [5.74, 6) is 1.45. The van der Waals surface area contributed by atoms with E-state index in [1.165, 1.54) is 12.1 Å². The first-order chi connectivity index (χ1) is 18.3. The number of sulfonamides is 1. The van der Waals surface area contributed by atoms with Gasteiger partial charge in [-0.1, -0.05) is 48.5 Å². The van der Waals surface area contributed by atoms with Gasteiger partial charge in [-0.15, -0.1) is 0 Å². The monoisotopic (exact) mass is 530 g/mol. The van der Waals surface area contributed by atoms with Gasteiger partial charge in [0.15, 0.2) is 0 Å². The standard InChI is InChI=1S/C30H30N2O5S/c1-3-36-29-19-18-27(20-22(29)2)38(34,35)32-28(21-23-10-6-4-7-11-23)30(33)31-24-14-16-26(17-15-24)37-25-12-8-5-9-13-25/h4-20,28,32H,3,21H2,1-2H3,(H,31,33). The van der Waals surface area contributed by atoms with Crippen LogP contribution in [-0.4, -0.2) is 27.0 Å². The van der Waals surface area contributed by atoms with Crippen molar-refractivity contribution in [1.29, 1.82) is 0 Å². The Balaban J connectivity index is 1.51. The number of para-hydroxylation sites is 1. The summed E-state index contributed by atoms with van der Waals surface area (Å²) in [5.41, 5.74) is 2.03. The fraction of sp³-hybridized carbons (Fsp3) is 0.167. The smallest absolute Gasteiger partial charge is 0.242 e. The predicted molar refractivity (Wildman–Crippen MR) is 148 cm³/mol. The third-order valence-electron chi connectivity index (χ3n) is 5.75. The van der Waals surface area contributed by atoms with Crippen molar-refractivity contribution < 1.29 is 22.7 Å². The first-order valence-electron chi connectivity index (χ1n) is 12.3. The first-order valence-corrected chi connectivity index (χ1v) is 13.8. The predicted octanol–water partition coefficient (Wildman–Crippen LogP) is 5.71. The molecule has 4 aromatic carbocycles. The maximum Gasteiger partial charge on any atom is 0.242 e. The molecule has 0 aliphatic carbocycles. The molecule has 7 nitrogen and oxygen atoms in total. The van der Waals surface area contributed by atoms with Gasteiger partial charge in [-0.3, -0.25) is 4.79 Å². The summed E-state index contributed by atoms with van der Waals surface area (Å²) in [6.07, 6.45) is 0.178. The van der Waals surface area contributed by atoms with E-state index in [1.54, 1.807) is 37.3 Å². The molecule has 0 heterocycles. The Hall–Kier alpha value is -4.14. The molecule has 4 aromatic rings. The molecule has 1 amide bonds. The zero-order valence-corrected chi connectivity index (χ0v) is 22.1. The van der Waals surface area contributed by atoms with Gasteiger partial charge in [0, 0.05) is 5.69 Å². The summed E-state index contributed by atoms with van der Waals surface area (Å²) in [6.45, 7) is 4.12. The van der Waals surface area contributed by atoms with Gasteiger partial charge < -0.3 is 14.8 Å². The molecule has 0 bridgehead atoms. The van der Waals surface area contributed by atoms with Crippen LogP contribution in [0, 0.1) is 6.92 Å². The number of amides is 1. The minimum atomic E-state index is -4.00. The Morgan fingerprint density at radius 3 is 2.11 bits per heavy atom. The molecule has 4 rings (SSSR count). The number of aryl methyl sites for hydroxylation is 1. The van der Waals surface area contributed by atoms with Crippen molar-refractivity contribution >= 4 is 21.6 Å². The average Bonchev–Trinajstić information content (AvgIpc) is 2.92. The van der Waals surface area contributed by atoms with Gasteiger partial charge in [0.25, 0.3) is 0 Å². The van der Waals surface area contributed by atoms with Crippen molar-refractivity contribution in [2.45, 2.75) is 31.2 Å². The maximum atomic E-state index is 13.3. The third-order valence-corrected chi connectivity index (χ3v) is 7.22. The van der Waals surface area contributed by atoms with Crippen LogP contribution in [0.25, 0.3) is 0 Å². The van der Waals surface area contributed by atoms with E-state index in [9.17, 15) is 13.2 Å². The zero-order valence-electron chi connectivity index (χ0n) is 21.3. The fourth-order valence-corrected chi connectivity index (χ4v) is 5.14. The van der Waals surface area contributed by atoms with Gasteiger partial charge in [-0.2, -0.15) is 4.72 Å². The lowest BCUT2D eigenvalue weighted by Crippen LogP contribution is -2.45. The topological polar surface area (TPSA) is 93.7 Å². The van der Waals surface area contributed by atoms with Gasteiger partial charge in [0.05, 0.1) is 11.5 Å². The number of anilines is 1. The zero-order chi connectivity index (χ0) is 27.0. The number of hydrogen-bond donors (Lipinski definition) is 2. The lowest BCUT2D eigenvalue weighted by molar-refractivity contribution is -0.117. The Kier molecular flexibility index (Phi) is 8.78. The van der Waals surface area contributed by atoms with Gasteiger partial charge >= 0.3 is 0 Å². The summed E-state index contributed by atoms with van der Waals surface area (Å²) in [5, 5.41) is 2.82. The molecule has 196 valence electrons. The van der Waals surface area contributed by atoms with Crippen LogP contribution in [0.5, 0.6) is 17.2 Å². The van der Waals surface area contributed by atoms with Crippen LogP contribution in [0.3, 0.4) is 0 Å². The van der Waals surface area contributed by atoms with E-state index in [0.29, 0.717) is 35.1 Å². The summed E-state index contributed by atoms with van der Waals surface area (Å²) in [7, 11) is -4.00. The van der Waals surface area contributed by atoms with Crippen molar-refractivity contribution in [1.82, 2.24) is 4.72 Å². The van der Waals surface area contributed by atoms with Crippen LogP contribution in [-0.2, 0) is 21.2 Å². The van der Waals surface area contributed by atoms with Crippen molar-refractivity contribution in [3.05, 3.63) is 114 Å². The Morgan fingerprint density at radius 1 is 0.842 bits per heavy atom. The lowest BCUT2D eigenvalue weighted by atomic mass is 10.1. The minimum absolute atomic E-state index is 0.0618. The quantitative estimate of drug-likeness (QED) is 0.259. The third kappa shape index (κ3) is 7.21. The van der Waals surface area contributed by atoms with E-state index in [2.05, 4.69) is 10.0 Å². The molecular formula is C30H30N2O5S. The van der Waals surface area contributed by atoms with Gasteiger partial charge in [0.2, 0.25) is 15.9 Å². The van der Waals surface area contributed by atoms with E-state index in [1.807, 2.05) is 67.6 Å². The SMILES string of the molecule is CCOc1ccc(S(=O)(=O)NC(Cc2ccccc2)C(=O)Nc2ccc(Oc3ccccc3)cc2)cc1C. The molecule has 0 radical (unpaired) electrons. The second kappa shape index (κ2) is 12.4. The summed E-state index contributed by atoms with van der Waals surface area (Å²) >= 11 is 0. The molecule has 38 heavy (non-hydrogen) atoms. The molecule has 0 aromatic heterocycles. The highest BCUT2D eigenvalue weighted by Crippen LogP contribution is 2.24. The highest BCUT2D eigenvalue weighted by atomic mass is 32.2. The fourth-order valence-electron chi connectivity index (χ4n) is 3.86. The van der Waals surface area contributed by atoms with Gasteiger partial charge in [-0.25, -0.2) is 8.42 Å². The van der Waals surface area contributed by atoms with E-state index in [-0.39, 0.29) is 11.3 Å². The Bertz CT molecular complexity index is 1460. The average molecular weight is 531 g/mol. The van der Waals surface area contributed by atoms with Crippen molar-refractivity contribution in [3.63, 3.8) is 0 Å². The molecule has 0 aliphatic rings. The molecule has 0 spiro atoms. The van der Waals surface area contributed by atoms with E-state index in [0.717, 1.165) is 5.56 Å². The minimum Gasteiger partial charge on any atom is -0.494 e. The van der Waals surface area contributed by atoms with Crippen LogP contribution < -0.4 is 19.5 Å². The largest absolute Gasteiger partial charge is 0.494 e. The molecule has 0 aliphatic heterocycles. The molecule has 0 saturated carbocycles. The van der Waals surface area contributed by atoms with Crippen LogP contribution >= 0.6 is 0 Å². The lowest BCUT2D eigenvalue weighted by Gasteiger charge is -2.19. The molecule has 1 unspecified atom stereocenters. The normalized spacial score (nSPS) is 11.9. The molecule has 0 saturated heterocycles. The number of benzene rings is 4. The maximum absolute atomic E-state index is 13.3. The van der Waals surface area contributed by atoms with E-state index >= 15 is 0 Å². The first kappa shape index (κ1) is 26.9. The number of hydrogen-bond acceptors (Lipinski definition) is 5. The molecule has 2 N–H and O–H groups in total. The van der Waals surface area contributed by atoms with Gasteiger partial charge in [-0.05, 0) is 86.0 Å². The highest BCUT2D eigenvalue weighted by molar-refractivity contribution is 7.89. The van der Waals surface area contributed by atoms with E-state index < -0.39 is 22.0 Å². The summed E-state index contributed by atoms with van der Waals surface area (Å²) in [6, 6.07) is 29.1. The second-order valence-electron chi connectivity index (χ2n) is 8.65. The van der Waals surface area contributed by atoms with Crippen LogP contribution in [0.2, 0.25) is 0 Å². The Morgan fingerprint density at radius 2 is 1.47 bits per heavy atom. The van der Waals surface area contributed by atoms with Crippen LogP contribution in [0.4, 0.5) is 5.69 Å². The number of rotatable bonds is 11. The highest BCUT2D eigenvalue weighted by Gasteiger charge is 2.27. The molecule has 8 heteroatoms. The van der Waals surface area contributed by atoms with Crippen LogP contribution in [0.1, 0.15) is 18.1 Å². The van der Waals surface area contributed by atoms with Crippen LogP contribution in [0.15, 0.2) is 108 Å². The van der Waals surface area contributed by atoms with Crippen molar-refractivity contribution in [2.24, 2.45) is 0 Å². The van der Waals surface area contributed by atoms with E-state index in [4.69, 9.17) is 9.47 Å². The number of carbonyl (C=O) groups is 1. The second-order valence-corrected chi connectivity index (χ2v) is 10.4. The molecule has 0 fully saturated rings.